The summed E-state index contributed by atoms with van der Waals surface area (Å²) >= 11 is 0. The lowest BCUT2D eigenvalue weighted by Crippen LogP contribution is -2.04. The molecule has 0 amide bonds. The number of hydrogen-bond donors (Lipinski definition) is 0. The van der Waals surface area contributed by atoms with Gasteiger partial charge < -0.3 is 9.26 Å². The van der Waals surface area contributed by atoms with Gasteiger partial charge in [0.25, 0.3) is 0 Å². The summed E-state index contributed by atoms with van der Waals surface area (Å²) in [4.78, 5) is 21.3. The second kappa shape index (κ2) is 3.17. The molecular weight excluding hydrogens is 162 g/mol. The molecule has 5 nitrogen and oxygen atoms in total. The molecule has 0 saturated heterocycles. The van der Waals surface area contributed by atoms with Crippen molar-refractivity contribution in [2.75, 3.05) is 7.11 Å². The molecule has 1 rings (SSSR count). The highest BCUT2D eigenvalue weighted by molar-refractivity contribution is 5.96. The predicted octanol–water partition coefficient (Wildman–Crippen LogP) is 0.582. The average Bonchev–Trinajstić information content (AvgIpc) is 2.45. The van der Waals surface area contributed by atoms with Crippen LogP contribution in [-0.4, -0.2) is 24.5 Å². The molecule has 0 unspecified atom stereocenters. The number of nitrogens with zero attached hydrogens (tertiary/aromatic N) is 1. The summed E-state index contributed by atoms with van der Waals surface area (Å²) in [6.07, 6.45) is 0.512. The number of methoxy groups -OCH3 is 1. The predicted molar refractivity (Wildman–Crippen MR) is 38.0 cm³/mol. The van der Waals surface area contributed by atoms with Crippen LogP contribution in [0.4, 0.5) is 0 Å². The van der Waals surface area contributed by atoms with E-state index in [0.29, 0.717) is 12.0 Å². The lowest BCUT2D eigenvalue weighted by molar-refractivity contribution is 0.0587. The molecule has 0 fully saturated rings. The first-order valence-electron chi connectivity index (χ1n) is 3.20. The number of aromatic nitrogens is 1. The zero-order valence-corrected chi connectivity index (χ0v) is 6.66. The smallest absolute Gasteiger partial charge is 0.361 e. The van der Waals surface area contributed by atoms with Crippen LogP contribution in [0, 0.1) is 6.92 Å². The second-order valence-electron chi connectivity index (χ2n) is 2.11. The van der Waals surface area contributed by atoms with Crippen LogP contribution >= 0.6 is 0 Å². The van der Waals surface area contributed by atoms with Gasteiger partial charge in [0.05, 0.1) is 12.7 Å². The van der Waals surface area contributed by atoms with Crippen LogP contribution in [-0.2, 0) is 4.74 Å². The third-order valence-electron chi connectivity index (χ3n) is 1.40. The number of carbonyl (C=O) groups excluding carboxylic acids is 2. The number of hydrogen-bond acceptors (Lipinski definition) is 5. The highest BCUT2D eigenvalue weighted by atomic mass is 16.5. The van der Waals surface area contributed by atoms with Crippen molar-refractivity contribution in [2.45, 2.75) is 6.92 Å². The van der Waals surface area contributed by atoms with Crippen molar-refractivity contribution in [1.82, 2.24) is 5.16 Å². The molecule has 0 bridgehead atoms. The molecule has 1 aromatic heterocycles. The van der Waals surface area contributed by atoms with Crippen molar-refractivity contribution < 1.29 is 18.8 Å². The fourth-order valence-corrected chi connectivity index (χ4v) is 0.762. The van der Waals surface area contributed by atoms with Gasteiger partial charge in [-0.1, -0.05) is 5.16 Å². The van der Waals surface area contributed by atoms with Gasteiger partial charge >= 0.3 is 5.97 Å². The molecule has 1 aromatic rings. The van der Waals surface area contributed by atoms with Crippen LogP contribution < -0.4 is 0 Å². The summed E-state index contributed by atoms with van der Waals surface area (Å²) in [5, 5.41) is 3.38. The molecule has 0 atom stereocenters. The van der Waals surface area contributed by atoms with E-state index < -0.39 is 5.97 Å². The Hall–Kier alpha value is -1.65. The van der Waals surface area contributed by atoms with Crippen molar-refractivity contribution in [1.29, 1.82) is 0 Å². The van der Waals surface area contributed by atoms with Crippen LogP contribution in [0.1, 0.15) is 26.6 Å². The molecule has 0 aliphatic rings. The SMILES string of the molecule is COC(=O)c1noc(C)c1C=O. The first-order chi connectivity index (χ1) is 5.70. The number of aldehydes is 1. The molecule has 0 aliphatic carbocycles. The monoisotopic (exact) mass is 169 g/mol. The number of rotatable bonds is 2. The first kappa shape index (κ1) is 8.45. The lowest BCUT2D eigenvalue weighted by atomic mass is 10.2. The minimum Gasteiger partial charge on any atom is -0.464 e. The zero-order chi connectivity index (χ0) is 9.14. The normalized spacial score (nSPS) is 9.50. The van der Waals surface area contributed by atoms with E-state index >= 15 is 0 Å². The van der Waals surface area contributed by atoms with E-state index in [0.717, 1.165) is 0 Å². The molecule has 0 spiro atoms. The molecule has 0 saturated carbocycles. The maximum Gasteiger partial charge on any atom is 0.361 e. The Labute approximate surface area is 68.3 Å². The van der Waals surface area contributed by atoms with Crippen LogP contribution in [0.2, 0.25) is 0 Å². The summed E-state index contributed by atoms with van der Waals surface area (Å²) < 4.78 is 9.00. The van der Waals surface area contributed by atoms with Gasteiger partial charge in [-0.2, -0.15) is 0 Å². The van der Waals surface area contributed by atoms with Gasteiger partial charge in [-0.25, -0.2) is 4.79 Å². The van der Waals surface area contributed by atoms with Crippen molar-refractivity contribution in [3.05, 3.63) is 17.0 Å². The van der Waals surface area contributed by atoms with Gasteiger partial charge in [-0.15, -0.1) is 0 Å². The van der Waals surface area contributed by atoms with Gasteiger partial charge in [0.15, 0.2) is 6.29 Å². The average molecular weight is 169 g/mol. The molecule has 0 aromatic carbocycles. The van der Waals surface area contributed by atoms with E-state index in [1.807, 2.05) is 0 Å². The first-order valence-corrected chi connectivity index (χ1v) is 3.20. The van der Waals surface area contributed by atoms with Gasteiger partial charge in [0.2, 0.25) is 5.69 Å². The molecule has 64 valence electrons. The van der Waals surface area contributed by atoms with Gasteiger partial charge in [-0.05, 0) is 6.92 Å². The number of aryl methyl sites for hydroxylation is 1. The Kier molecular flexibility index (Phi) is 2.23. The Morgan fingerprint density at radius 3 is 2.83 bits per heavy atom. The number of esters is 1. The fourth-order valence-electron chi connectivity index (χ4n) is 0.762. The van der Waals surface area contributed by atoms with Crippen LogP contribution in [0.15, 0.2) is 4.52 Å². The summed E-state index contributed by atoms with van der Waals surface area (Å²) in [5.41, 5.74) is 0.0619. The minimum atomic E-state index is -0.672. The second-order valence-corrected chi connectivity index (χ2v) is 2.11. The molecule has 12 heavy (non-hydrogen) atoms. The molecule has 5 heteroatoms. The van der Waals surface area contributed by atoms with E-state index in [9.17, 15) is 9.59 Å². The van der Waals surface area contributed by atoms with E-state index in [4.69, 9.17) is 0 Å². The van der Waals surface area contributed by atoms with Gasteiger partial charge in [0, 0.05) is 0 Å². The fraction of sp³-hybridized carbons (Fsp3) is 0.286. The lowest BCUT2D eigenvalue weighted by Gasteiger charge is -1.91. The third-order valence-corrected chi connectivity index (χ3v) is 1.40. The molecule has 1 heterocycles. The molecular formula is C7H7NO4. The van der Waals surface area contributed by atoms with E-state index in [2.05, 4.69) is 14.4 Å². The van der Waals surface area contributed by atoms with E-state index in [1.54, 1.807) is 6.92 Å². The summed E-state index contributed by atoms with van der Waals surface area (Å²) in [6, 6.07) is 0. The van der Waals surface area contributed by atoms with E-state index in [-0.39, 0.29) is 11.3 Å². The van der Waals surface area contributed by atoms with Crippen molar-refractivity contribution in [3.8, 4) is 0 Å². The molecule has 0 N–H and O–H groups in total. The summed E-state index contributed by atoms with van der Waals surface area (Å²) in [6.45, 7) is 1.54. The Morgan fingerprint density at radius 2 is 2.33 bits per heavy atom. The number of carbonyl (C=O) groups is 2. The topological polar surface area (TPSA) is 69.4 Å². The highest BCUT2D eigenvalue weighted by Crippen LogP contribution is 2.10. The van der Waals surface area contributed by atoms with Crippen LogP contribution in [0.25, 0.3) is 0 Å². The zero-order valence-electron chi connectivity index (χ0n) is 6.66. The number of ether oxygens (including phenoxy) is 1. The maximum absolute atomic E-state index is 10.9. The summed E-state index contributed by atoms with van der Waals surface area (Å²) in [5.74, 6) is -0.362. The Balaban J connectivity index is 3.15. The molecule has 0 aliphatic heterocycles. The van der Waals surface area contributed by atoms with Crippen LogP contribution in [0.5, 0.6) is 0 Å². The Bertz CT molecular complexity index is 315. The van der Waals surface area contributed by atoms with Gasteiger partial charge in [0.1, 0.15) is 5.76 Å². The Morgan fingerprint density at radius 1 is 1.67 bits per heavy atom. The quantitative estimate of drug-likeness (QED) is 0.478. The van der Waals surface area contributed by atoms with Crippen molar-refractivity contribution in [2.24, 2.45) is 0 Å². The van der Waals surface area contributed by atoms with Gasteiger partial charge in [-0.3, -0.25) is 4.79 Å². The largest absolute Gasteiger partial charge is 0.464 e. The third kappa shape index (κ3) is 1.20. The standard InChI is InChI=1S/C7H7NO4/c1-4-5(3-9)6(8-12-4)7(10)11-2/h3H,1-2H3. The highest BCUT2D eigenvalue weighted by Gasteiger charge is 2.19. The minimum absolute atomic E-state index is 0.0787. The maximum atomic E-state index is 10.9. The van der Waals surface area contributed by atoms with E-state index in [1.165, 1.54) is 7.11 Å². The van der Waals surface area contributed by atoms with Crippen molar-refractivity contribution >= 4 is 12.3 Å². The van der Waals surface area contributed by atoms with Crippen LogP contribution in [0.3, 0.4) is 0 Å². The summed E-state index contributed by atoms with van der Waals surface area (Å²) in [7, 11) is 1.21. The van der Waals surface area contributed by atoms with Crippen molar-refractivity contribution in [3.63, 3.8) is 0 Å². The molecule has 0 radical (unpaired) electrons.